The highest BCUT2D eigenvalue weighted by molar-refractivity contribution is 6.03. The van der Waals surface area contributed by atoms with Crippen molar-refractivity contribution in [1.29, 1.82) is 0 Å². The van der Waals surface area contributed by atoms with Crippen LogP contribution >= 0.6 is 0 Å². The van der Waals surface area contributed by atoms with Crippen LogP contribution in [0.2, 0.25) is 0 Å². The maximum Gasteiger partial charge on any atom is 0.339 e. The van der Waals surface area contributed by atoms with Crippen LogP contribution in [0.4, 0.5) is 0 Å². The molecule has 1 aromatic carbocycles. The quantitative estimate of drug-likeness (QED) is 0.387. The Hall–Kier alpha value is -2.00. The first-order valence-corrected chi connectivity index (χ1v) is 9.48. The van der Waals surface area contributed by atoms with E-state index in [1.165, 1.54) is 0 Å². The highest BCUT2D eigenvalue weighted by atomic mass is 16.6. The smallest absolute Gasteiger partial charge is 0.339 e. The molecule has 0 atom stereocenters. The van der Waals surface area contributed by atoms with Gasteiger partial charge in [0.1, 0.15) is 13.2 Å². The summed E-state index contributed by atoms with van der Waals surface area (Å²) in [5.74, 6) is -0.303. The van der Waals surface area contributed by atoms with Crippen molar-refractivity contribution in [1.82, 2.24) is 0 Å². The maximum absolute atomic E-state index is 12.3. The first-order chi connectivity index (χ1) is 13.7. The van der Waals surface area contributed by atoms with Gasteiger partial charge in [-0.05, 0) is 12.1 Å². The molecule has 0 spiro atoms. The van der Waals surface area contributed by atoms with Crippen LogP contribution in [0.1, 0.15) is 20.7 Å². The molecule has 1 aromatic rings. The molecule has 154 valence electrons. The summed E-state index contributed by atoms with van der Waals surface area (Å²) in [6.07, 6.45) is 0. The first kappa shape index (κ1) is 20.7. The third-order valence-electron chi connectivity index (χ3n) is 4.41. The minimum atomic E-state index is -0.579. The van der Waals surface area contributed by atoms with Gasteiger partial charge in [0.05, 0.1) is 64.0 Å². The number of carbonyl (C=O) groups is 2. The molecule has 2 aliphatic heterocycles. The van der Waals surface area contributed by atoms with E-state index in [1.807, 2.05) is 0 Å². The SMILES string of the molecule is O=C(OCCOCC1COC1)c1ccccc1C(=O)OCCOCC1COC1. The highest BCUT2D eigenvalue weighted by Crippen LogP contribution is 2.13. The van der Waals surface area contributed by atoms with Crippen molar-refractivity contribution in [3.63, 3.8) is 0 Å². The van der Waals surface area contributed by atoms with E-state index in [9.17, 15) is 9.59 Å². The van der Waals surface area contributed by atoms with Crippen molar-refractivity contribution in [2.24, 2.45) is 11.8 Å². The van der Waals surface area contributed by atoms with E-state index in [1.54, 1.807) is 24.3 Å². The Bertz CT molecular complexity index is 584. The number of rotatable bonds is 12. The van der Waals surface area contributed by atoms with Crippen molar-refractivity contribution in [3.05, 3.63) is 35.4 Å². The summed E-state index contributed by atoms with van der Waals surface area (Å²) in [5, 5.41) is 0. The molecular weight excluding hydrogens is 368 g/mol. The van der Waals surface area contributed by atoms with Crippen LogP contribution < -0.4 is 0 Å². The number of hydrogen-bond acceptors (Lipinski definition) is 8. The van der Waals surface area contributed by atoms with Gasteiger partial charge in [-0.25, -0.2) is 9.59 Å². The largest absolute Gasteiger partial charge is 0.460 e. The lowest BCUT2D eigenvalue weighted by atomic mass is 10.1. The van der Waals surface area contributed by atoms with Gasteiger partial charge in [0.15, 0.2) is 0 Å². The van der Waals surface area contributed by atoms with E-state index >= 15 is 0 Å². The van der Waals surface area contributed by atoms with Gasteiger partial charge in [0.2, 0.25) is 0 Å². The second kappa shape index (κ2) is 11.1. The Kier molecular flexibility index (Phi) is 8.23. The predicted octanol–water partition coefficient (Wildman–Crippen LogP) is 1.33. The van der Waals surface area contributed by atoms with E-state index in [2.05, 4.69) is 0 Å². The zero-order valence-electron chi connectivity index (χ0n) is 15.8. The van der Waals surface area contributed by atoms with Crippen LogP contribution in [-0.4, -0.2) is 78.0 Å². The van der Waals surface area contributed by atoms with Crippen molar-refractivity contribution >= 4 is 11.9 Å². The normalized spacial score (nSPS) is 16.9. The lowest BCUT2D eigenvalue weighted by Gasteiger charge is -2.25. The second-order valence-corrected chi connectivity index (χ2v) is 6.77. The molecule has 2 saturated heterocycles. The fourth-order valence-corrected chi connectivity index (χ4v) is 2.64. The zero-order chi connectivity index (χ0) is 19.6. The summed E-state index contributed by atoms with van der Waals surface area (Å²) in [5.41, 5.74) is 0.347. The third-order valence-corrected chi connectivity index (χ3v) is 4.41. The van der Waals surface area contributed by atoms with Gasteiger partial charge >= 0.3 is 11.9 Å². The Morgan fingerprint density at radius 3 is 1.54 bits per heavy atom. The minimum Gasteiger partial charge on any atom is -0.460 e. The van der Waals surface area contributed by atoms with Crippen molar-refractivity contribution in [2.75, 3.05) is 66.1 Å². The first-order valence-electron chi connectivity index (χ1n) is 9.48. The van der Waals surface area contributed by atoms with Crippen LogP contribution in [0.5, 0.6) is 0 Å². The third kappa shape index (κ3) is 6.27. The van der Waals surface area contributed by atoms with Crippen LogP contribution in [0.25, 0.3) is 0 Å². The molecule has 28 heavy (non-hydrogen) atoms. The summed E-state index contributed by atoms with van der Waals surface area (Å²) in [6.45, 7) is 4.90. The molecule has 0 aliphatic carbocycles. The van der Waals surface area contributed by atoms with Gasteiger partial charge in [-0.1, -0.05) is 12.1 Å². The lowest BCUT2D eigenvalue weighted by Crippen LogP contribution is -2.32. The van der Waals surface area contributed by atoms with E-state index in [4.69, 9.17) is 28.4 Å². The second-order valence-electron chi connectivity index (χ2n) is 6.77. The Morgan fingerprint density at radius 1 is 0.750 bits per heavy atom. The predicted molar refractivity (Wildman–Crippen MR) is 97.3 cm³/mol. The summed E-state index contributed by atoms with van der Waals surface area (Å²) >= 11 is 0. The zero-order valence-corrected chi connectivity index (χ0v) is 15.8. The molecule has 0 bridgehead atoms. The fourth-order valence-electron chi connectivity index (χ4n) is 2.64. The molecule has 0 N–H and O–H groups in total. The number of esters is 2. The molecule has 2 aliphatic rings. The fraction of sp³-hybridized carbons (Fsp3) is 0.600. The molecular formula is C20H26O8. The average molecular weight is 394 g/mol. The number of benzene rings is 1. The van der Waals surface area contributed by atoms with Gasteiger partial charge < -0.3 is 28.4 Å². The number of hydrogen-bond donors (Lipinski definition) is 0. The summed E-state index contributed by atoms with van der Waals surface area (Å²) < 4.78 is 31.4. The molecule has 0 amide bonds. The number of carbonyl (C=O) groups excluding carboxylic acids is 2. The van der Waals surface area contributed by atoms with Crippen molar-refractivity contribution < 1.29 is 38.0 Å². The minimum absolute atomic E-state index is 0.120. The van der Waals surface area contributed by atoms with Gasteiger partial charge in [0.25, 0.3) is 0 Å². The summed E-state index contributed by atoms with van der Waals surface area (Å²) in [7, 11) is 0. The highest BCUT2D eigenvalue weighted by Gasteiger charge is 2.21. The molecule has 0 radical (unpaired) electrons. The van der Waals surface area contributed by atoms with Gasteiger partial charge in [0, 0.05) is 11.8 Å². The topological polar surface area (TPSA) is 89.5 Å². The Labute approximate surface area is 164 Å². The molecule has 0 aromatic heterocycles. The molecule has 3 rings (SSSR count). The van der Waals surface area contributed by atoms with Crippen LogP contribution in [0, 0.1) is 11.8 Å². The summed E-state index contributed by atoms with van der Waals surface area (Å²) in [4.78, 5) is 24.6. The van der Waals surface area contributed by atoms with E-state index < -0.39 is 11.9 Å². The summed E-state index contributed by atoms with van der Waals surface area (Å²) in [6, 6.07) is 6.42. The average Bonchev–Trinajstić information content (AvgIpc) is 2.64. The monoisotopic (exact) mass is 394 g/mol. The molecule has 2 fully saturated rings. The van der Waals surface area contributed by atoms with E-state index in [-0.39, 0.29) is 24.3 Å². The Morgan fingerprint density at radius 2 is 1.18 bits per heavy atom. The van der Waals surface area contributed by atoms with E-state index in [0.29, 0.717) is 38.3 Å². The van der Waals surface area contributed by atoms with Crippen molar-refractivity contribution in [2.45, 2.75) is 0 Å². The lowest BCUT2D eigenvalue weighted by molar-refractivity contribution is -0.0756. The van der Waals surface area contributed by atoms with E-state index in [0.717, 1.165) is 26.4 Å². The molecule has 8 heteroatoms. The molecule has 0 saturated carbocycles. The van der Waals surface area contributed by atoms with Crippen LogP contribution in [-0.2, 0) is 28.4 Å². The molecule has 8 nitrogen and oxygen atoms in total. The van der Waals surface area contributed by atoms with Crippen LogP contribution in [0.15, 0.2) is 24.3 Å². The molecule has 0 unspecified atom stereocenters. The maximum atomic E-state index is 12.3. The van der Waals surface area contributed by atoms with Crippen molar-refractivity contribution in [3.8, 4) is 0 Å². The Balaban J connectivity index is 1.36. The molecule has 2 heterocycles. The number of ether oxygens (including phenoxy) is 6. The van der Waals surface area contributed by atoms with Crippen LogP contribution in [0.3, 0.4) is 0 Å². The van der Waals surface area contributed by atoms with Gasteiger partial charge in [-0.3, -0.25) is 0 Å². The van der Waals surface area contributed by atoms with Gasteiger partial charge in [-0.15, -0.1) is 0 Å². The standard InChI is InChI=1S/C20H26O8/c21-19(27-7-5-23-9-15-11-25-12-15)17-3-1-2-4-18(17)20(22)28-8-6-24-10-16-13-26-14-16/h1-4,15-16H,5-14H2. The van der Waals surface area contributed by atoms with Gasteiger partial charge in [-0.2, -0.15) is 0 Å².